The van der Waals surface area contributed by atoms with Crippen molar-refractivity contribution in [3.05, 3.63) is 35.6 Å². The van der Waals surface area contributed by atoms with E-state index < -0.39 is 17.7 Å². The zero-order valence-corrected chi connectivity index (χ0v) is 15.2. The van der Waals surface area contributed by atoms with Gasteiger partial charge in [0.1, 0.15) is 12.4 Å². The number of amides is 4. The van der Waals surface area contributed by atoms with Crippen LogP contribution in [0.5, 0.6) is 0 Å². The Morgan fingerprint density at radius 1 is 0.963 bits per heavy atom. The molecule has 8 nitrogen and oxygen atoms in total. The molecule has 9 heteroatoms. The van der Waals surface area contributed by atoms with Crippen LogP contribution in [-0.4, -0.2) is 72.7 Å². The molecule has 1 heterocycles. The zero-order chi connectivity index (χ0) is 19.8. The lowest BCUT2D eigenvalue weighted by Crippen LogP contribution is -2.56. The van der Waals surface area contributed by atoms with Gasteiger partial charge in [-0.05, 0) is 24.6 Å². The van der Waals surface area contributed by atoms with Crippen LogP contribution < -0.4 is 10.6 Å². The molecule has 4 amide bonds. The summed E-state index contributed by atoms with van der Waals surface area (Å²) in [6.45, 7) is 3.22. The van der Waals surface area contributed by atoms with E-state index in [0.717, 1.165) is 0 Å². The Hall–Kier alpha value is -2.97. The molecule has 2 N–H and O–H groups in total. The number of halogens is 1. The Bertz CT molecular complexity index is 708. The fourth-order valence-electron chi connectivity index (χ4n) is 2.65. The number of piperazine rings is 1. The lowest BCUT2D eigenvalue weighted by atomic mass is 10.1. The van der Waals surface area contributed by atoms with E-state index in [-0.39, 0.29) is 37.8 Å². The Morgan fingerprint density at radius 3 is 2.15 bits per heavy atom. The summed E-state index contributed by atoms with van der Waals surface area (Å²) in [6.07, 6.45) is 0.118. The normalized spacial score (nSPS) is 14.3. The number of carbonyl (C=O) groups excluding carboxylic acids is 4. The maximum absolute atomic E-state index is 12.8. The number of carbonyl (C=O) groups is 4. The molecule has 0 atom stereocenters. The third kappa shape index (κ3) is 6.05. The van der Waals surface area contributed by atoms with E-state index in [1.807, 2.05) is 0 Å². The monoisotopic (exact) mass is 378 g/mol. The number of likely N-dealkylation sites (N-methyl/N-ethyl adjacent to an activating group) is 1. The number of nitrogens with zero attached hydrogens (tertiary/aromatic N) is 2. The summed E-state index contributed by atoms with van der Waals surface area (Å²) >= 11 is 0. The van der Waals surface area contributed by atoms with Gasteiger partial charge in [0.2, 0.25) is 11.8 Å². The maximum Gasteiger partial charge on any atom is 0.312 e. The van der Waals surface area contributed by atoms with Crippen molar-refractivity contribution in [1.82, 2.24) is 20.4 Å². The average Bonchev–Trinajstić information content (AvgIpc) is 2.65. The summed E-state index contributed by atoms with van der Waals surface area (Å²) in [4.78, 5) is 50.1. The van der Waals surface area contributed by atoms with Crippen LogP contribution in [0.15, 0.2) is 24.3 Å². The molecule has 0 aliphatic carbocycles. The van der Waals surface area contributed by atoms with Crippen molar-refractivity contribution < 1.29 is 23.6 Å². The lowest BCUT2D eigenvalue weighted by molar-refractivity contribution is -0.156. The Morgan fingerprint density at radius 2 is 1.52 bits per heavy atom. The average molecular weight is 378 g/mol. The van der Waals surface area contributed by atoms with Crippen molar-refractivity contribution in [2.45, 2.75) is 13.3 Å². The highest BCUT2D eigenvalue weighted by atomic mass is 19.1. The number of rotatable bonds is 8. The minimum atomic E-state index is -0.675. The molecule has 0 radical (unpaired) electrons. The van der Waals surface area contributed by atoms with Crippen molar-refractivity contribution in [1.29, 1.82) is 0 Å². The number of hydrogen-bond donors (Lipinski definition) is 2. The van der Waals surface area contributed by atoms with Gasteiger partial charge in [0.15, 0.2) is 0 Å². The Labute approximate surface area is 156 Å². The standard InChI is InChI=1S/C18H23FN4O4/c1-2-22-9-10-23(18(27)17(22)26)12-16(25)21-8-7-20-15(24)11-13-3-5-14(19)6-4-13/h3-6H,2,7-12H2,1H3,(H,20,24)(H,21,25). The summed E-state index contributed by atoms with van der Waals surface area (Å²) in [5, 5.41) is 5.24. The molecule has 1 aromatic rings. The molecule has 0 saturated carbocycles. The van der Waals surface area contributed by atoms with Crippen LogP contribution in [0.4, 0.5) is 4.39 Å². The molecule has 1 aliphatic heterocycles. The summed E-state index contributed by atoms with van der Waals surface area (Å²) in [7, 11) is 0. The van der Waals surface area contributed by atoms with E-state index in [1.165, 1.54) is 34.1 Å². The van der Waals surface area contributed by atoms with Crippen molar-refractivity contribution in [2.24, 2.45) is 0 Å². The first kappa shape index (κ1) is 20.3. The van der Waals surface area contributed by atoms with Gasteiger partial charge in [-0.25, -0.2) is 4.39 Å². The van der Waals surface area contributed by atoms with Crippen LogP contribution in [0.3, 0.4) is 0 Å². The molecule has 0 unspecified atom stereocenters. The van der Waals surface area contributed by atoms with Gasteiger partial charge in [0.25, 0.3) is 0 Å². The first-order chi connectivity index (χ1) is 12.9. The molecule has 1 aromatic carbocycles. The summed E-state index contributed by atoms with van der Waals surface area (Å²) < 4.78 is 12.8. The van der Waals surface area contributed by atoms with Gasteiger partial charge in [-0.15, -0.1) is 0 Å². The van der Waals surface area contributed by atoms with Gasteiger partial charge >= 0.3 is 11.8 Å². The largest absolute Gasteiger partial charge is 0.354 e. The molecule has 146 valence electrons. The third-order valence-electron chi connectivity index (χ3n) is 4.16. The van der Waals surface area contributed by atoms with Crippen LogP contribution in [0.2, 0.25) is 0 Å². The van der Waals surface area contributed by atoms with E-state index in [0.29, 0.717) is 25.2 Å². The second-order valence-electron chi connectivity index (χ2n) is 6.11. The molecule has 2 rings (SSSR count). The molecular formula is C18H23FN4O4. The van der Waals surface area contributed by atoms with Gasteiger partial charge in [-0.1, -0.05) is 12.1 Å². The first-order valence-corrected chi connectivity index (χ1v) is 8.76. The van der Waals surface area contributed by atoms with Gasteiger partial charge in [-0.2, -0.15) is 0 Å². The molecule has 0 bridgehead atoms. The van der Waals surface area contributed by atoms with Crippen molar-refractivity contribution in [2.75, 3.05) is 39.3 Å². The number of hydrogen-bond acceptors (Lipinski definition) is 4. The van der Waals surface area contributed by atoms with Gasteiger partial charge in [0.05, 0.1) is 6.42 Å². The third-order valence-corrected chi connectivity index (χ3v) is 4.16. The molecule has 1 fully saturated rings. The maximum atomic E-state index is 12.8. The molecule has 0 aromatic heterocycles. The summed E-state index contributed by atoms with van der Waals surface area (Å²) in [6, 6.07) is 5.64. The number of nitrogens with one attached hydrogen (secondary N) is 2. The van der Waals surface area contributed by atoms with Crippen LogP contribution in [-0.2, 0) is 25.6 Å². The van der Waals surface area contributed by atoms with Crippen LogP contribution >= 0.6 is 0 Å². The van der Waals surface area contributed by atoms with Crippen molar-refractivity contribution in [3.8, 4) is 0 Å². The van der Waals surface area contributed by atoms with Gasteiger partial charge < -0.3 is 20.4 Å². The Balaban J connectivity index is 1.64. The quantitative estimate of drug-likeness (QED) is 0.461. The molecule has 0 spiro atoms. The predicted molar refractivity (Wildman–Crippen MR) is 95.0 cm³/mol. The minimum Gasteiger partial charge on any atom is -0.354 e. The molecular weight excluding hydrogens is 355 g/mol. The van der Waals surface area contributed by atoms with E-state index in [4.69, 9.17) is 0 Å². The van der Waals surface area contributed by atoms with E-state index in [2.05, 4.69) is 10.6 Å². The van der Waals surface area contributed by atoms with Crippen LogP contribution in [0.1, 0.15) is 12.5 Å². The SMILES string of the molecule is CCN1CCN(CC(=O)NCCNC(=O)Cc2ccc(F)cc2)C(=O)C1=O. The highest BCUT2D eigenvalue weighted by Crippen LogP contribution is 2.04. The first-order valence-electron chi connectivity index (χ1n) is 8.76. The molecule has 27 heavy (non-hydrogen) atoms. The van der Waals surface area contributed by atoms with E-state index >= 15 is 0 Å². The van der Waals surface area contributed by atoms with Crippen molar-refractivity contribution >= 4 is 23.6 Å². The van der Waals surface area contributed by atoms with Crippen LogP contribution in [0, 0.1) is 5.82 Å². The van der Waals surface area contributed by atoms with E-state index in [1.54, 1.807) is 6.92 Å². The summed E-state index contributed by atoms with van der Waals surface area (Å²) in [5.74, 6) is -2.27. The highest BCUT2D eigenvalue weighted by Gasteiger charge is 2.32. The fraction of sp³-hybridized carbons (Fsp3) is 0.444. The van der Waals surface area contributed by atoms with Crippen LogP contribution in [0.25, 0.3) is 0 Å². The van der Waals surface area contributed by atoms with Gasteiger partial charge in [-0.3, -0.25) is 19.2 Å². The lowest BCUT2D eigenvalue weighted by Gasteiger charge is -2.32. The topological polar surface area (TPSA) is 98.8 Å². The molecule has 1 saturated heterocycles. The minimum absolute atomic E-state index is 0.118. The van der Waals surface area contributed by atoms with E-state index in [9.17, 15) is 23.6 Å². The highest BCUT2D eigenvalue weighted by molar-refractivity contribution is 6.35. The number of benzene rings is 1. The van der Waals surface area contributed by atoms with Gasteiger partial charge in [0, 0.05) is 32.7 Å². The smallest absolute Gasteiger partial charge is 0.312 e. The zero-order valence-electron chi connectivity index (χ0n) is 15.2. The van der Waals surface area contributed by atoms with Crippen molar-refractivity contribution in [3.63, 3.8) is 0 Å². The Kier molecular flexibility index (Phi) is 7.27. The summed E-state index contributed by atoms with van der Waals surface area (Å²) in [5.41, 5.74) is 0.687. The second-order valence-corrected chi connectivity index (χ2v) is 6.11. The molecule has 1 aliphatic rings. The second kappa shape index (κ2) is 9.65. The predicted octanol–water partition coefficient (Wildman–Crippen LogP) is -0.709. The fourth-order valence-corrected chi connectivity index (χ4v) is 2.65.